The first-order valence-electron chi connectivity index (χ1n) is 7.66. The van der Waals surface area contributed by atoms with Crippen molar-refractivity contribution in [3.05, 3.63) is 53.1 Å². The zero-order chi connectivity index (χ0) is 19.3. The van der Waals surface area contributed by atoms with E-state index in [1.54, 1.807) is 49.6 Å². The van der Waals surface area contributed by atoms with Crippen molar-refractivity contribution in [3.63, 3.8) is 0 Å². The van der Waals surface area contributed by atoms with Gasteiger partial charge in [0.1, 0.15) is 5.75 Å². The minimum atomic E-state index is -3.44. The molecule has 0 saturated heterocycles. The van der Waals surface area contributed by atoms with Gasteiger partial charge in [-0.05, 0) is 35.9 Å². The van der Waals surface area contributed by atoms with Crippen molar-refractivity contribution in [2.75, 3.05) is 26.5 Å². The van der Waals surface area contributed by atoms with Crippen molar-refractivity contribution in [2.45, 2.75) is 11.4 Å². The highest BCUT2D eigenvalue weighted by Gasteiger charge is 2.16. The van der Waals surface area contributed by atoms with Crippen LogP contribution < -0.4 is 15.8 Å². The second-order valence-electron chi connectivity index (χ2n) is 5.61. The molecule has 0 aliphatic rings. The predicted octanol–water partition coefficient (Wildman–Crippen LogP) is 3.14. The number of anilines is 1. The van der Waals surface area contributed by atoms with E-state index in [1.807, 2.05) is 0 Å². The van der Waals surface area contributed by atoms with Crippen LogP contribution in [0.15, 0.2) is 52.4 Å². The largest absolute Gasteiger partial charge is 0.495 e. The summed E-state index contributed by atoms with van der Waals surface area (Å²) in [6.45, 7) is 0.311. The normalized spacial score (nSPS) is 11.8. The maximum absolute atomic E-state index is 12.0. The Morgan fingerprint density at radius 3 is 2.37 bits per heavy atom. The standard InChI is InChI=1S/C17H21ClN4O3S.HI/c1-22(2)26(23,24)14-7-4-12(5-8-14)11-20-17(19)21-13-6-9-16(25-3)15(18)10-13;/h4-10H,11H2,1-3H3,(H3,19,20,21);1H. The van der Waals surface area contributed by atoms with E-state index in [1.165, 1.54) is 18.4 Å². The second kappa shape index (κ2) is 10.1. The van der Waals surface area contributed by atoms with E-state index in [4.69, 9.17) is 22.1 Å². The molecular weight excluding hydrogens is 503 g/mol. The van der Waals surface area contributed by atoms with Gasteiger partial charge in [-0.3, -0.25) is 0 Å². The first kappa shape index (κ1) is 23.5. The molecule has 0 atom stereocenters. The SMILES string of the molecule is COc1ccc(NC(N)=NCc2ccc(S(=O)(=O)N(C)C)cc2)cc1Cl.I. The molecule has 10 heteroatoms. The Kier molecular flexibility index (Phi) is 8.79. The van der Waals surface area contributed by atoms with Crippen molar-refractivity contribution < 1.29 is 13.2 Å². The Bertz CT molecular complexity index is 903. The van der Waals surface area contributed by atoms with Gasteiger partial charge < -0.3 is 15.8 Å². The number of halogens is 2. The van der Waals surface area contributed by atoms with Crippen LogP contribution in [0.4, 0.5) is 5.69 Å². The fourth-order valence-corrected chi connectivity index (χ4v) is 3.25. The van der Waals surface area contributed by atoms with E-state index in [2.05, 4.69) is 10.3 Å². The van der Waals surface area contributed by atoms with E-state index in [9.17, 15) is 8.42 Å². The van der Waals surface area contributed by atoms with E-state index >= 15 is 0 Å². The molecule has 148 valence electrons. The van der Waals surface area contributed by atoms with Gasteiger partial charge in [-0.2, -0.15) is 0 Å². The molecule has 2 aromatic carbocycles. The zero-order valence-corrected chi connectivity index (χ0v) is 19.0. The molecule has 0 heterocycles. The van der Waals surface area contributed by atoms with Crippen LogP contribution in [0, 0.1) is 0 Å². The molecule has 0 spiro atoms. The van der Waals surface area contributed by atoms with Crippen LogP contribution in [0.3, 0.4) is 0 Å². The monoisotopic (exact) mass is 524 g/mol. The summed E-state index contributed by atoms with van der Waals surface area (Å²) in [5.41, 5.74) is 7.39. The highest BCUT2D eigenvalue weighted by Crippen LogP contribution is 2.27. The highest BCUT2D eigenvalue weighted by atomic mass is 127. The van der Waals surface area contributed by atoms with Crippen LogP contribution in [0.2, 0.25) is 5.02 Å². The van der Waals surface area contributed by atoms with Crippen molar-refractivity contribution in [1.29, 1.82) is 0 Å². The molecule has 0 radical (unpaired) electrons. The van der Waals surface area contributed by atoms with E-state index < -0.39 is 10.0 Å². The number of hydrogen-bond donors (Lipinski definition) is 2. The average Bonchev–Trinajstić information content (AvgIpc) is 2.60. The Balaban J connectivity index is 0.00000364. The predicted molar refractivity (Wildman–Crippen MR) is 120 cm³/mol. The first-order valence-corrected chi connectivity index (χ1v) is 9.48. The third-order valence-corrected chi connectivity index (χ3v) is 5.68. The minimum absolute atomic E-state index is 0. The van der Waals surface area contributed by atoms with Gasteiger partial charge in [-0.1, -0.05) is 23.7 Å². The Labute approximate surface area is 181 Å². The van der Waals surface area contributed by atoms with Gasteiger partial charge in [0.25, 0.3) is 0 Å². The fraction of sp³-hybridized carbons (Fsp3) is 0.235. The molecule has 2 aromatic rings. The number of sulfonamides is 1. The number of ether oxygens (including phenoxy) is 1. The van der Waals surface area contributed by atoms with Gasteiger partial charge in [0, 0.05) is 19.8 Å². The van der Waals surface area contributed by atoms with Crippen molar-refractivity contribution in [3.8, 4) is 5.75 Å². The number of nitrogens with zero attached hydrogens (tertiary/aromatic N) is 2. The summed E-state index contributed by atoms with van der Waals surface area (Å²) in [7, 11) is 1.09. The summed E-state index contributed by atoms with van der Waals surface area (Å²) in [6.07, 6.45) is 0. The van der Waals surface area contributed by atoms with Gasteiger partial charge in [0.15, 0.2) is 5.96 Å². The lowest BCUT2D eigenvalue weighted by molar-refractivity contribution is 0.415. The van der Waals surface area contributed by atoms with Gasteiger partial charge >= 0.3 is 0 Å². The van der Waals surface area contributed by atoms with E-state index in [0.717, 1.165) is 5.56 Å². The number of benzene rings is 2. The lowest BCUT2D eigenvalue weighted by Gasteiger charge is -2.11. The molecule has 0 aliphatic heterocycles. The molecule has 0 aliphatic carbocycles. The van der Waals surface area contributed by atoms with E-state index in [0.29, 0.717) is 23.0 Å². The van der Waals surface area contributed by atoms with Gasteiger partial charge in [0.2, 0.25) is 10.0 Å². The minimum Gasteiger partial charge on any atom is -0.495 e. The van der Waals surface area contributed by atoms with Crippen LogP contribution >= 0.6 is 35.6 Å². The molecule has 0 saturated carbocycles. The Morgan fingerprint density at radius 2 is 1.85 bits per heavy atom. The van der Waals surface area contributed by atoms with Crippen LogP contribution in [0.25, 0.3) is 0 Å². The summed E-state index contributed by atoms with van der Waals surface area (Å²) in [6, 6.07) is 11.7. The van der Waals surface area contributed by atoms with Crippen LogP contribution in [0.5, 0.6) is 5.75 Å². The second-order valence-corrected chi connectivity index (χ2v) is 8.17. The molecule has 0 fully saturated rings. The molecule has 0 aromatic heterocycles. The number of nitrogens with two attached hydrogens (primary N) is 1. The molecule has 2 rings (SSSR count). The molecule has 0 bridgehead atoms. The Hall–Kier alpha value is -1.56. The fourth-order valence-electron chi connectivity index (χ4n) is 2.09. The number of rotatable bonds is 6. The number of hydrogen-bond acceptors (Lipinski definition) is 4. The van der Waals surface area contributed by atoms with Crippen LogP contribution in [-0.4, -0.2) is 39.9 Å². The molecule has 0 amide bonds. The quantitative estimate of drug-likeness (QED) is 0.344. The Morgan fingerprint density at radius 1 is 1.22 bits per heavy atom. The summed E-state index contributed by atoms with van der Waals surface area (Å²) < 4.78 is 30.3. The topological polar surface area (TPSA) is 97.0 Å². The van der Waals surface area contributed by atoms with Crippen LogP contribution in [-0.2, 0) is 16.6 Å². The number of aliphatic imine (C=N–C) groups is 1. The lowest BCUT2D eigenvalue weighted by Crippen LogP contribution is -2.22. The van der Waals surface area contributed by atoms with E-state index in [-0.39, 0.29) is 34.8 Å². The lowest BCUT2D eigenvalue weighted by atomic mass is 10.2. The molecule has 0 unspecified atom stereocenters. The molecule has 27 heavy (non-hydrogen) atoms. The zero-order valence-electron chi connectivity index (χ0n) is 15.1. The highest BCUT2D eigenvalue weighted by molar-refractivity contribution is 14.0. The van der Waals surface area contributed by atoms with Crippen molar-refractivity contribution >= 4 is 57.2 Å². The summed E-state index contributed by atoms with van der Waals surface area (Å²) in [4.78, 5) is 4.47. The molecule has 7 nitrogen and oxygen atoms in total. The maximum atomic E-state index is 12.0. The number of guanidine groups is 1. The first-order chi connectivity index (χ1) is 12.2. The van der Waals surface area contributed by atoms with Gasteiger partial charge in [0.05, 0.1) is 23.6 Å². The number of methoxy groups -OCH3 is 1. The summed E-state index contributed by atoms with van der Waals surface area (Å²) >= 11 is 6.06. The third kappa shape index (κ3) is 6.23. The molecular formula is C17H22ClIN4O3S. The average molecular weight is 525 g/mol. The third-order valence-electron chi connectivity index (χ3n) is 3.56. The van der Waals surface area contributed by atoms with Crippen molar-refractivity contribution in [2.24, 2.45) is 10.7 Å². The summed E-state index contributed by atoms with van der Waals surface area (Å²) in [5, 5.41) is 3.40. The van der Waals surface area contributed by atoms with Gasteiger partial charge in [-0.15, -0.1) is 24.0 Å². The number of nitrogens with one attached hydrogen (secondary N) is 1. The van der Waals surface area contributed by atoms with Gasteiger partial charge in [-0.25, -0.2) is 17.7 Å². The van der Waals surface area contributed by atoms with Crippen molar-refractivity contribution in [1.82, 2.24) is 4.31 Å². The maximum Gasteiger partial charge on any atom is 0.242 e. The van der Waals surface area contributed by atoms with Crippen LogP contribution in [0.1, 0.15) is 5.56 Å². The summed E-state index contributed by atoms with van der Waals surface area (Å²) in [5.74, 6) is 0.789. The smallest absolute Gasteiger partial charge is 0.242 e. The molecule has 3 N–H and O–H groups in total.